The van der Waals surface area contributed by atoms with Crippen LogP contribution in [0.4, 0.5) is 0 Å². The molecule has 2 bridgehead atoms. The van der Waals surface area contributed by atoms with Crippen molar-refractivity contribution in [2.24, 2.45) is 5.41 Å². The number of hydrogen-bond acceptors (Lipinski definition) is 2. The molecular weight excluding hydrogens is 307 g/mol. The number of hydrogen-bond donors (Lipinski definition) is 0. The van der Waals surface area contributed by atoms with Gasteiger partial charge in [0, 0.05) is 16.9 Å². The Balaban J connectivity index is 1.86. The van der Waals surface area contributed by atoms with Crippen molar-refractivity contribution in [3.05, 3.63) is 77.4 Å². The molecule has 0 N–H and O–H groups in total. The highest BCUT2D eigenvalue weighted by Gasteiger charge is 2.58. The van der Waals surface area contributed by atoms with Crippen LogP contribution in [0.3, 0.4) is 0 Å². The molecule has 2 aliphatic rings. The number of benzene rings is 2. The first-order valence-electron chi connectivity index (χ1n) is 7.64. The first-order valence-corrected chi connectivity index (χ1v) is 10.5. The van der Waals surface area contributed by atoms with E-state index in [2.05, 4.69) is 74.5 Å². The van der Waals surface area contributed by atoms with E-state index >= 15 is 0 Å². The molecule has 112 valence electrons. The van der Waals surface area contributed by atoms with E-state index in [0.717, 1.165) is 6.16 Å². The highest BCUT2D eigenvalue weighted by atomic mass is 32.4. The predicted octanol–water partition coefficient (Wildman–Crippen LogP) is 5.60. The van der Waals surface area contributed by atoms with E-state index in [0.29, 0.717) is 0 Å². The molecule has 4 rings (SSSR count). The minimum Gasteiger partial charge on any atom is -0.337 e. The normalized spacial score (nSPS) is 33.5. The quantitative estimate of drug-likeness (QED) is 0.664. The molecule has 3 atom stereocenters. The fourth-order valence-electron chi connectivity index (χ4n) is 3.88. The molecule has 1 unspecified atom stereocenters. The molecule has 2 aromatic carbocycles. The van der Waals surface area contributed by atoms with Gasteiger partial charge in [-0.1, -0.05) is 85.0 Å². The van der Waals surface area contributed by atoms with Crippen LogP contribution in [0.25, 0.3) is 5.31 Å². The summed E-state index contributed by atoms with van der Waals surface area (Å²) in [6, 6.07) is 21.1. The maximum atomic E-state index is 6.54. The van der Waals surface area contributed by atoms with E-state index in [-0.39, 0.29) is 11.5 Å². The van der Waals surface area contributed by atoms with Crippen molar-refractivity contribution < 1.29 is 4.52 Å². The van der Waals surface area contributed by atoms with Crippen molar-refractivity contribution in [1.29, 1.82) is 0 Å². The molecule has 1 saturated heterocycles. The average molecular weight is 326 g/mol. The van der Waals surface area contributed by atoms with Gasteiger partial charge in [0.05, 0.1) is 12.4 Å². The monoisotopic (exact) mass is 326 g/mol. The van der Waals surface area contributed by atoms with Crippen molar-refractivity contribution in [2.45, 2.75) is 20.0 Å². The lowest BCUT2D eigenvalue weighted by molar-refractivity contribution is 0.150. The minimum atomic E-state index is -1.94. The van der Waals surface area contributed by atoms with Gasteiger partial charge in [0.25, 0.3) is 0 Å². The largest absolute Gasteiger partial charge is 0.337 e. The smallest absolute Gasteiger partial charge is 0.0976 e. The van der Waals surface area contributed by atoms with Crippen molar-refractivity contribution in [1.82, 2.24) is 0 Å². The summed E-state index contributed by atoms with van der Waals surface area (Å²) < 4.78 is 6.54. The Morgan fingerprint density at radius 3 is 2.23 bits per heavy atom. The van der Waals surface area contributed by atoms with E-state index in [1.54, 1.807) is 0 Å². The van der Waals surface area contributed by atoms with Gasteiger partial charge in [-0.3, -0.25) is 0 Å². The van der Waals surface area contributed by atoms with E-state index < -0.39 is 6.26 Å². The van der Waals surface area contributed by atoms with Crippen LogP contribution < -0.4 is 0 Å². The Morgan fingerprint density at radius 2 is 1.64 bits per heavy atom. The molecule has 0 aliphatic carbocycles. The zero-order valence-corrected chi connectivity index (χ0v) is 14.5. The van der Waals surface area contributed by atoms with Crippen LogP contribution in [-0.4, -0.2) is 6.16 Å². The number of fused-ring (bicyclic) bond motifs is 2. The molecule has 3 heteroatoms. The van der Waals surface area contributed by atoms with Crippen LogP contribution in [0, 0.1) is 5.41 Å². The average Bonchev–Trinajstić information content (AvgIpc) is 2.92. The topological polar surface area (TPSA) is 9.23 Å². The van der Waals surface area contributed by atoms with E-state index in [1.807, 2.05) is 0 Å². The molecule has 2 aliphatic heterocycles. The lowest BCUT2D eigenvalue weighted by Gasteiger charge is -2.34. The summed E-state index contributed by atoms with van der Waals surface area (Å²) in [5.74, 6) is 0. The van der Waals surface area contributed by atoms with Crippen molar-refractivity contribution in [3.8, 4) is 0 Å². The van der Waals surface area contributed by atoms with Crippen LogP contribution in [-0.2, 0) is 16.3 Å². The van der Waals surface area contributed by atoms with Crippen LogP contribution in [0.1, 0.15) is 31.1 Å². The summed E-state index contributed by atoms with van der Waals surface area (Å²) in [4.78, 5) is 0. The Morgan fingerprint density at radius 1 is 1.05 bits per heavy atom. The standard InChI is InChI=1S/C19H19OPS/c1-14-17(15-9-5-3-6-10-15)21(22)13-19(14,2)18(20-21)16-11-7-4-8-12-16/h3-12,18H,13H2,1-2H3/t18-,19-,21?/m1/s1. The van der Waals surface area contributed by atoms with Crippen LogP contribution in [0.2, 0.25) is 0 Å². The second kappa shape index (κ2) is 4.89. The maximum Gasteiger partial charge on any atom is 0.0976 e. The van der Waals surface area contributed by atoms with Gasteiger partial charge >= 0.3 is 0 Å². The molecule has 0 saturated carbocycles. The maximum absolute atomic E-state index is 6.54. The Kier molecular flexibility index (Phi) is 3.20. The summed E-state index contributed by atoms with van der Waals surface area (Å²) >= 11 is 6.07. The summed E-state index contributed by atoms with van der Waals surface area (Å²) in [6.07, 6.45) is -0.844. The van der Waals surface area contributed by atoms with Gasteiger partial charge in [0.2, 0.25) is 0 Å². The van der Waals surface area contributed by atoms with Gasteiger partial charge in [0.15, 0.2) is 0 Å². The van der Waals surface area contributed by atoms with Crippen LogP contribution in [0.15, 0.2) is 66.2 Å². The highest BCUT2D eigenvalue weighted by Crippen LogP contribution is 2.80. The fraction of sp³-hybridized carbons (Fsp3) is 0.263. The second-order valence-electron chi connectivity index (χ2n) is 6.48. The molecular formula is C19H19OPS. The lowest BCUT2D eigenvalue weighted by atomic mass is 9.76. The summed E-state index contributed by atoms with van der Waals surface area (Å²) in [5, 5.41) is 1.32. The van der Waals surface area contributed by atoms with Gasteiger partial charge in [0.1, 0.15) is 0 Å². The van der Waals surface area contributed by atoms with E-state index in [1.165, 1.54) is 22.0 Å². The molecule has 1 fully saturated rings. The Bertz CT molecular complexity index is 797. The highest BCUT2D eigenvalue weighted by molar-refractivity contribution is 8.17. The zero-order chi connectivity index (χ0) is 15.4. The first-order chi connectivity index (χ1) is 10.5. The SMILES string of the molecule is CC1=C(c2ccccc2)P2(=S)C[C@@]1(C)[C@@H](c1ccccc1)O2. The molecule has 2 heterocycles. The molecule has 0 aromatic heterocycles. The van der Waals surface area contributed by atoms with Gasteiger partial charge in [-0.05, 0) is 18.1 Å². The van der Waals surface area contributed by atoms with E-state index in [9.17, 15) is 0 Å². The van der Waals surface area contributed by atoms with Crippen LogP contribution in [0.5, 0.6) is 0 Å². The first kappa shape index (κ1) is 14.4. The summed E-state index contributed by atoms with van der Waals surface area (Å²) in [5.41, 5.74) is 3.96. The number of rotatable bonds is 2. The molecule has 0 spiro atoms. The Labute approximate surface area is 137 Å². The molecule has 0 amide bonds. The molecule has 2 aromatic rings. The predicted molar refractivity (Wildman–Crippen MR) is 96.6 cm³/mol. The van der Waals surface area contributed by atoms with Crippen molar-refractivity contribution >= 4 is 23.4 Å². The van der Waals surface area contributed by atoms with Crippen molar-refractivity contribution in [3.63, 3.8) is 0 Å². The second-order valence-corrected chi connectivity index (χ2v) is 10.6. The van der Waals surface area contributed by atoms with Gasteiger partial charge in [-0.15, -0.1) is 0 Å². The summed E-state index contributed by atoms with van der Waals surface area (Å²) in [7, 11) is 0. The van der Waals surface area contributed by atoms with Gasteiger partial charge in [-0.2, -0.15) is 0 Å². The molecule has 22 heavy (non-hydrogen) atoms. The molecule has 1 nitrogen and oxygen atoms in total. The van der Waals surface area contributed by atoms with Crippen molar-refractivity contribution in [2.75, 3.05) is 6.16 Å². The Hall–Kier alpha value is -1.21. The third-order valence-electron chi connectivity index (χ3n) is 5.09. The third-order valence-corrected chi connectivity index (χ3v) is 9.19. The zero-order valence-electron chi connectivity index (χ0n) is 12.8. The summed E-state index contributed by atoms with van der Waals surface area (Å²) in [6.45, 7) is 4.58. The van der Waals surface area contributed by atoms with Crippen LogP contribution >= 0.6 is 6.26 Å². The van der Waals surface area contributed by atoms with E-state index in [4.69, 9.17) is 16.3 Å². The molecule has 0 radical (unpaired) electrons. The minimum absolute atomic E-state index is 0.0298. The lowest BCUT2D eigenvalue weighted by Crippen LogP contribution is -2.24. The fourth-order valence-corrected chi connectivity index (χ4v) is 9.28. The third kappa shape index (κ3) is 1.91. The van der Waals surface area contributed by atoms with Gasteiger partial charge in [-0.25, -0.2) is 0 Å². The van der Waals surface area contributed by atoms with Gasteiger partial charge < -0.3 is 4.52 Å².